The molecule has 0 bridgehead atoms. The first-order valence-corrected chi connectivity index (χ1v) is 10.8. The van der Waals surface area contributed by atoms with Crippen LogP contribution in [-0.4, -0.2) is 36.6 Å². The zero-order chi connectivity index (χ0) is 21.2. The first-order valence-electron chi connectivity index (χ1n) is 9.00. The number of sulfonamides is 1. The van der Waals surface area contributed by atoms with Crippen LogP contribution in [-0.2, 0) is 14.8 Å². The number of nitrogens with one attached hydrogen (secondary N) is 1. The Kier molecular flexibility index (Phi) is 6.21. The van der Waals surface area contributed by atoms with Gasteiger partial charge in [-0.25, -0.2) is 8.42 Å². The molecule has 3 rings (SSSR count). The number of carbonyl (C=O) groups excluding carboxylic acids is 1. The Hall–Kier alpha value is -2.49. The first-order chi connectivity index (χ1) is 13.7. The van der Waals surface area contributed by atoms with E-state index in [0.717, 1.165) is 0 Å². The third-order valence-electron chi connectivity index (χ3n) is 4.97. The molecule has 1 aliphatic heterocycles. The molecule has 8 nitrogen and oxygen atoms in total. The molecule has 0 unspecified atom stereocenters. The summed E-state index contributed by atoms with van der Waals surface area (Å²) in [6.45, 7) is 1.93. The van der Waals surface area contributed by atoms with Crippen molar-refractivity contribution in [2.75, 3.05) is 18.4 Å². The lowest BCUT2D eigenvalue weighted by atomic mass is 9.98. The molecule has 154 valence electrons. The summed E-state index contributed by atoms with van der Waals surface area (Å²) >= 11 is 5.83. The van der Waals surface area contributed by atoms with Crippen molar-refractivity contribution in [2.24, 2.45) is 5.92 Å². The van der Waals surface area contributed by atoms with Gasteiger partial charge < -0.3 is 5.32 Å². The van der Waals surface area contributed by atoms with Gasteiger partial charge in [0.25, 0.3) is 5.69 Å². The second-order valence-corrected chi connectivity index (χ2v) is 9.23. The van der Waals surface area contributed by atoms with E-state index < -0.39 is 20.9 Å². The number of nitro benzene ring substituents is 1. The summed E-state index contributed by atoms with van der Waals surface area (Å²) in [5.41, 5.74) is 0.618. The fourth-order valence-corrected chi connectivity index (χ4v) is 4.97. The van der Waals surface area contributed by atoms with Crippen LogP contribution in [0.1, 0.15) is 18.4 Å². The Morgan fingerprint density at radius 3 is 2.59 bits per heavy atom. The van der Waals surface area contributed by atoms with Gasteiger partial charge in [0.15, 0.2) is 0 Å². The second-order valence-electron chi connectivity index (χ2n) is 6.85. The van der Waals surface area contributed by atoms with E-state index in [1.807, 2.05) is 0 Å². The van der Waals surface area contributed by atoms with E-state index >= 15 is 0 Å². The third-order valence-corrected chi connectivity index (χ3v) is 7.10. The number of carbonyl (C=O) groups is 1. The molecule has 1 saturated heterocycles. The fourth-order valence-electron chi connectivity index (χ4n) is 3.32. The molecule has 1 N–H and O–H groups in total. The minimum Gasteiger partial charge on any atom is -0.325 e. The minimum absolute atomic E-state index is 0.0464. The Labute approximate surface area is 173 Å². The number of hydrogen-bond donors (Lipinski definition) is 1. The second kappa shape index (κ2) is 8.48. The van der Waals surface area contributed by atoms with E-state index in [1.54, 1.807) is 13.0 Å². The number of benzene rings is 2. The van der Waals surface area contributed by atoms with Crippen LogP contribution in [0.3, 0.4) is 0 Å². The molecule has 10 heteroatoms. The largest absolute Gasteiger partial charge is 0.325 e. The molecule has 0 aliphatic carbocycles. The van der Waals surface area contributed by atoms with Gasteiger partial charge in [-0.15, -0.1) is 0 Å². The molecule has 1 fully saturated rings. The summed E-state index contributed by atoms with van der Waals surface area (Å²) in [5, 5.41) is 14.2. The van der Waals surface area contributed by atoms with Crippen LogP contribution in [0, 0.1) is 23.0 Å². The van der Waals surface area contributed by atoms with E-state index in [0.29, 0.717) is 35.7 Å². The molecule has 0 spiro atoms. The Bertz CT molecular complexity index is 1040. The molecule has 1 atom stereocenters. The molecule has 2 aromatic rings. The van der Waals surface area contributed by atoms with Crippen LogP contribution in [0.15, 0.2) is 47.4 Å². The zero-order valence-corrected chi connectivity index (χ0v) is 17.2. The van der Waals surface area contributed by atoms with Gasteiger partial charge in [-0.2, -0.15) is 4.31 Å². The highest BCUT2D eigenvalue weighted by molar-refractivity contribution is 7.89. The molecule has 29 heavy (non-hydrogen) atoms. The summed E-state index contributed by atoms with van der Waals surface area (Å²) in [6.07, 6.45) is 1.07. The summed E-state index contributed by atoms with van der Waals surface area (Å²) in [7, 11) is -3.74. The topological polar surface area (TPSA) is 110 Å². The highest BCUT2D eigenvalue weighted by Gasteiger charge is 2.33. The van der Waals surface area contributed by atoms with Gasteiger partial charge in [-0.3, -0.25) is 14.9 Å². The molecule has 1 heterocycles. The fraction of sp³-hybridized carbons (Fsp3) is 0.316. The molecule has 1 aliphatic rings. The highest BCUT2D eigenvalue weighted by atomic mass is 35.5. The SMILES string of the molecule is Cc1c(NC(=O)[C@@H]2CCCN(S(=O)(=O)c3ccc(Cl)cc3)C2)cccc1[N+](=O)[O-]. The van der Waals surface area contributed by atoms with Crippen LogP contribution in [0.25, 0.3) is 0 Å². The maximum atomic E-state index is 12.9. The average molecular weight is 438 g/mol. The monoisotopic (exact) mass is 437 g/mol. The lowest BCUT2D eigenvalue weighted by Crippen LogP contribution is -2.43. The molecule has 0 aromatic heterocycles. The summed E-state index contributed by atoms with van der Waals surface area (Å²) in [4.78, 5) is 23.4. The van der Waals surface area contributed by atoms with E-state index in [2.05, 4.69) is 5.32 Å². The highest BCUT2D eigenvalue weighted by Crippen LogP contribution is 2.28. The van der Waals surface area contributed by atoms with Gasteiger partial charge in [0, 0.05) is 24.2 Å². The number of rotatable bonds is 5. The van der Waals surface area contributed by atoms with E-state index in [4.69, 9.17) is 11.6 Å². The van der Waals surface area contributed by atoms with E-state index in [1.165, 1.54) is 40.7 Å². The molecule has 0 saturated carbocycles. The summed E-state index contributed by atoms with van der Waals surface area (Å²) < 4.78 is 27.0. The average Bonchev–Trinajstić information content (AvgIpc) is 2.69. The molecular weight excluding hydrogens is 418 g/mol. The van der Waals surface area contributed by atoms with Crippen molar-refractivity contribution >= 4 is 38.9 Å². The maximum Gasteiger partial charge on any atom is 0.274 e. The van der Waals surface area contributed by atoms with Crippen molar-refractivity contribution in [3.8, 4) is 0 Å². The van der Waals surface area contributed by atoms with Gasteiger partial charge in [0.2, 0.25) is 15.9 Å². The molecular formula is C19H20ClN3O5S. The summed E-state index contributed by atoms with van der Waals surface area (Å²) in [6, 6.07) is 10.3. The van der Waals surface area contributed by atoms with E-state index in [9.17, 15) is 23.3 Å². The number of anilines is 1. The number of piperidine rings is 1. The molecule has 0 radical (unpaired) electrons. The van der Waals surface area contributed by atoms with Gasteiger partial charge >= 0.3 is 0 Å². The van der Waals surface area contributed by atoms with Crippen molar-refractivity contribution in [1.29, 1.82) is 0 Å². The number of hydrogen-bond acceptors (Lipinski definition) is 5. The van der Waals surface area contributed by atoms with Crippen LogP contribution in [0.4, 0.5) is 11.4 Å². The van der Waals surface area contributed by atoms with Crippen molar-refractivity contribution in [3.63, 3.8) is 0 Å². The molecule has 1 amide bonds. The van der Waals surface area contributed by atoms with Crippen LogP contribution in [0.2, 0.25) is 5.02 Å². The number of halogens is 1. The lowest BCUT2D eigenvalue weighted by Gasteiger charge is -2.31. The zero-order valence-electron chi connectivity index (χ0n) is 15.7. The number of nitro groups is 1. The normalized spacial score (nSPS) is 17.7. The maximum absolute atomic E-state index is 12.9. The van der Waals surface area contributed by atoms with Crippen molar-refractivity contribution in [2.45, 2.75) is 24.7 Å². The predicted octanol–water partition coefficient (Wildman–Crippen LogP) is 3.60. The third kappa shape index (κ3) is 4.58. The van der Waals surface area contributed by atoms with Gasteiger partial charge in [-0.1, -0.05) is 17.7 Å². The van der Waals surface area contributed by atoms with Crippen LogP contribution in [0.5, 0.6) is 0 Å². The van der Waals surface area contributed by atoms with Gasteiger partial charge in [0.1, 0.15) is 0 Å². The Morgan fingerprint density at radius 1 is 1.24 bits per heavy atom. The summed E-state index contributed by atoms with van der Waals surface area (Å²) in [5.74, 6) is -0.908. The predicted molar refractivity (Wildman–Crippen MR) is 109 cm³/mol. The molecule has 2 aromatic carbocycles. The van der Waals surface area contributed by atoms with Crippen molar-refractivity contribution in [1.82, 2.24) is 4.31 Å². The Morgan fingerprint density at radius 2 is 1.93 bits per heavy atom. The smallest absolute Gasteiger partial charge is 0.274 e. The van der Waals surface area contributed by atoms with Gasteiger partial charge in [-0.05, 0) is 50.1 Å². The van der Waals surface area contributed by atoms with Crippen LogP contribution < -0.4 is 5.32 Å². The van der Waals surface area contributed by atoms with Crippen molar-refractivity contribution in [3.05, 3.63) is 63.2 Å². The lowest BCUT2D eigenvalue weighted by molar-refractivity contribution is -0.385. The Balaban J connectivity index is 1.75. The van der Waals surface area contributed by atoms with Crippen LogP contribution >= 0.6 is 11.6 Å². The van der Waals surface area contributed by atoms with E-state index in [-0.39, 0.29) is 23.0 Å². The van der Waals surface area contributed by atoms with Gasteiger partial charge in [0.05, 0.1) is 27.0 Å². The number of nitrogens with zero attached hydrogens (tertiary/aromatic N) is 2. The number of amides is 1. The first kappa shape index (κ1) is 21.2. The quantitative estimate of drug-likeness (QED) is 0.567. The van der Waals surface area contributed by atoms with Crippen molar-refractivity contribution < 1.29 is 18.1 Å². The standard InChI is InChI=1S/C19H20ClN3O5S/c1-13-17(5-2-6-18(13)23(25)26)21-19(24)14-4-3-11-22(12-14)29(27,28)16-9-7-15(20)8-10-16/h2,5-10,14H,3-4,11-12H2,1H3,(H,21,24)/t14-/m1/s1. The minimum atomic E-state index is -3.74.